The molecule has 1 atom stereocenters. The summed E-state index contributed by atoms with van der Waals surface area (Å²) in [6.07, 6.45) is 0.0801. The van der Waals surface area contributed by atoms with E-state index >= 15 is 0 Å². The Bertz CT molecular complexity index is 1130. The predicted octanol–water partition coefficient (Wildman–Crippen LogP) is 4.99. The molecule has 0 bridgehead atoms. The number of aryl methyl sites for hydroxylation is 3. The third kappa shape index (κ3) is 4.39. The predicted molar refractivity (Wildman–Crippen MR) is 121 cm³/mol. The van der Waals surface area contributed by atoms with Gasteiger partial charge in [0.25, 0.3) is 0 Å². The Labute approximate surface area is 177 Å². The Kier molecular flexibility index (Phi) is 5.86. The average molecular weight is 401 g/mol. The van der Waals surface area contributed by atoms with Crippen molar-refractivity contribution in [2.24, 2.45) is 0 Å². The molecule has 0 aliphatic rings. The Morgan fingerprint density at radius 1 is 0.933 bits per heavy atom. The number of rotatable bonds is 7. The van der Waals surface area contributed by atoms with E-state index in [1.54, 1.807) is 0 Å². The molecule has 0 aliphatic carbocycles. The number of benzene rings is 3. The second kappa shape index (κ2) is 8.72. The highest BCUT2D eigenvalue weighted by molar-refractivity contribution is 5.76. The van der Waals surface area contributed by atoms with E-state index in [1.165, 1.54) is 11.1 Å². The number of imidazole rings is 1. The lowest BCUT2D eigenvalue weighted by Gasteiger charge is -2.18. The summed E-state index contributed by atoms with van der Waals surface area (Å²) in [6.45, 7) is 6.85. The summed E-state index contributed by atoms with van der Waals surface area (Å²) >= 11 is 0. The van der Waals surface area contributed by atoms with E-state index in [0.29, 0.717) is 6.54 Å². The van der Waals surface area contributed by atoms with Crippen molar-refractivity contribution >= 4 is 11.0 Å². The Balaban J connectivity index is 1.55. The first-order valence-corrected chi connectivity index (χ1v) is 10.4. The van der Waals surface area contributed by atoms with Crippen molar-refractivity contribution in [3.63, 3.8) is 0 Å². The summed E-state index contributed by atoms with van der Waals surface area (Å²) in [7, 11) is 0. The molecule has 4 rings (SSSR count). The van der Waals surface area contributed by atoms with Gasteiger partial charge in [0.1, 0.15) is 24.3 Å². The van der Waals surface area contributed by atoms with Crippen LogP contribution in [0.2, 0.25) is 0 Å². The number of nitrogens with zero attached hydrogens (tertiary/aromatic N) is 2. The highest BCUT2D eigenvalue weighted by Crippen LogP contribution is 2.25. The summed E-state index contributed by atoms with van der Waals surface area (Å²) in [5.74, 6) is 1.81. The Hall–Kier alpha value is -3.11. The van der Waals surface area contributed by atoms with Gasteiger partial charge in [-0.05, 0) is 49.6 Å². The molecule has 4 aromatic rings. The molecule has 1 unspecified atom stereocenters. The number of hydrogen-bond acceptors (Lipinski definition) is 3. The summed E-state index contributed by atoms with van der Waals surface area (Å²) < 4.78 is 8.14. The van der Waals surface area contributed by atoms with Crippen LogP contribution >= 0.6 is 0 Å². The number of aliphatic hydroxyl groups excluding tert-OH is 1. The van der Waals surface area contributed by atoms with Crippen LogP contribution in [-0.4, -0.2) is 27.4 Å². The van der Waals surface area contributed by atoms with Crippen LogP contribution in [0.1, 0.15) is 28.1 Å². The van der Waals surface area contributed by atoms with E-state index in [4.69, 9.17) is 9.72 Å². The largest absolute Gasteiger partial charge is 0.490 e. The van der Waals surface area contributed by atoms with Crippen LogP contribution in [0.5, 0.6) is 5.75 Å². The first-order valence-electron chi connectivity index (χ1n) is 10.4. The smallest absolute Gasteiger partial charge is 0.125 e. The van der Waals surface area contributed by atoms with Gasteiger partial charge in [-0.3, -0.25) is 0 Å². The Morgan fingerprint density at radius 2 is 1.60 bits per heavy atom. The van der Waals surface area contributed by atoms with Crippen LogP contribution in [0, 0.1) is 20.8 Å². The zero-order valence-electron chi connectivity index (χ0n) is 17.8. The van der Waals surface area contributed by atoms with Crippen molar-refractivity contribution in [2.45, 2.75) is 39.8 Å². The molecule has 0 saturated heterocycles. The molecule has 1 heterocycles. The molecule has 0 spiro atoms. The van der Waals surface area contributed by atoms with E-state index < -0.39 is 6.10 Å². The SMILES string of the molecule is Cc1cc(C)c(OCC(O)Cn2c(Cc3ccccc3)nc3ccccc32)c(C)c1. The molecule has 154 valence electrons. The maximum atomic E-state index is 10.8. The molecule has 0 amide bonds. The van der Waals surface area contributed by atoms with Crippen LogP contribution in [0.3, 0.4) is 0 Å². The molecule has 1 N–H and O–H groups in total. The van der Waals surface area contributed by atoms with Gasteiger partial charge in [0.2, 0.25) is 0 Å². The van der Waals surface area contributed by atoms with Crippen molar-refractivity contribution in [2.75, 3.05) is 6.61 Å². The second-order valence-corrected chi connectivity index (χ2v) is 7.98. The molecule has 30 heavy (non-hydrogen) atoms. The maximum absolute atomic E-state index is 10.8. The van der Waals surface area contributed by atoms with Crippen molar-refractivity contribution in [1.82, 2.24) is 9.55 Å². The third-order valence-corrected chi connectivity index (χ3v) is 5.36. The van der Waals surface area contributed by atoms with Gasteiger partial charge in [-0.2, -0.15) is 0 Å². The zero-order chi connectivity index (χ0) is 21.1. The standard InChI is InChI=1S/C26H28N2O2/c1-18-13-19(2)26(20(3)14-18)30-17-22(29)16-28-24-12-8-7-11-23(24)27-25(28)15-21-9-5-4-6-10-21/h4-14,22,29H,15-17H2,1-3H3. The molecular weight excluding hydrogens is 372 g/mol. The quantitative estimate of drug-likeness (QED) is 0.475. The van der Waals surface area contributed by atoms with E-state index in [0.717, 1.165) is 40.2 Å². The summed E-state index contributed by atoms with van der Waals surface area (Å²) in [4.78, 5) is 4.83. The number of para-hydroxylation sites is 2. The van der Waals surface area contributed by atoms with Gasteiger partial charge in [-0.25, -0.2) is 4.98 Å². The number of ether oxygens (including phenoxy) is 1. The molecule has 0 aliphatic heterocycles. The molecule has 1 aromatic heterocycles. The zero-order valence-corrected chi connectivity index (χ0v) is 17.8. The minimum atomic E-state index is -0.641. The third-order valence-electron chi connectivity index (χ3n) is 5.36. The number of hydrogen-bond donors (Lipinski definition) is 1. The topological polar surface area (TPSA) is 47.3 Å². The minimum absolute atomic E-state index is 0.238. The number of aromatic nitrogens is 2. The van der Waals surface area contributed by atoms with E-state index in [1.807, 2.05) is 50.2 Å². The minimum Gasteiger partial charge on any atom is -0.490 e. The van der Waals surface area contributed by atoms with Crippen LogP contribution in [0.15, 0.2) is 66.7 Å². The summed E-state index contributed by atoms with van der Waals surface area (Å²) in [5, 5.41) is 10.8. The molecule has 3 aromatic carbocycles. The van der Waals surface area contributed by atoms with Crippen LogP contribution in [-0.2, 0) is 13.0 Å². The van der Waals surface area contributed by atoms with Gasteiger partial charge in [0.05, 0.1) is 17.6 Å². The fraction of sp³-hybridized carbons (Fsp3) is 0.269. The maximum Gasteiger partial charge on any atom is 0.125 e. The van der Waals surface area contributed by atoms with Crippen molar-refractivity contribution in [3.05, 3.63) is 94.8 Å². The van der Waals surface area contributed by atoms with Gasteiger partial charge < -0.3 is 14.4 Å². The Morgan fingerprint density at radius 3 is 2.33 bits per heavy atom. The lowest BCUT2D eigenvalue weighted by atomic mass is 10.1. The summed E-state index contributed by atoms with van der Waals surface area (Å²) in [5.41, 5.74) is 6.58. The van der Waals surface area contributed by atoms with Gasteiger partial charge in [-0.1, -0.05) is 60.2 Å². The second-order valence-electron chi connectivity index (χ2n) is 7.98. The van der Waals surface area contributed by atoms with E-state index in [9.17, 15) is 5.11 Å². The first kappa shape index (κ1) is 20.2. The first-order chi connectivity index (χ1) is 14.5. The van der Waals surface area contributed by atoms with Gasteiger partial charge in [-0.15, -0.1) is 0 Å². The average Bonchev–Trinajstić information content (AvgIpc) is 3.05. The van der Waals surface area contributed by atoms with Crippen molar-refractivity contribution in [1.29, 1.82) is 0 Å². The lowest BCUT2D eigenvalue weighted by Crippen LogP contribution is -2.25. The summed E-state index contributed by atoms with van der Waals surface area (Å²) in [6, 6.07) is 22.6. The molecule has 0 fully saturated rings. The number of aliphatic hydroxyl groups is 1. The molecular formula is C26H28N2O2. The van der Waals surface area contributed by atoms with Crippen molar-refractivity contribution < 1.29 is 9.84 Å². The lowest BCUT2D eigenvalue weighted by molar-refractivity contribution is 0.0921. The fourth-order valence-electron chi connectivity index (χ4n) is 4.08. The van der Waals surface area contributed by atoms with Crippen LogP contribution in [0.4, 0.5) is 0 Å². The highest BCUT2D eigenvalue weighted by atomic mass is 16.5. The number of fused-ring (bicyclic) bond motifs is 1. The monoisotopic (exact) mass is 400 g/mol. The molecule has 0 radical (unpaired) electrons. The van der Waals surface area contributed by atoms with Gasteiger partial charge in [0, 0.05) is 6.42 Å². The molecule has 4 heteroatoms. The highest BCUT2D eigenvalue weighted by Gasteiger charge is 2.16. The molecule has 0 saturated carbocycles. The van der Waals surface area contributed by atoms with Crippen LogP contribution in [0.25, 0.3) is 11.0 Å². The fourth-order valence-corrected chi connectivity index (χ4v) is 4.08. The molecule has 4 nitrogen and oxygen atoms in total. The van der Waals surface area contributed by atoms with Gasteiger partial charge in [0.15, 0.2) is 0 Å². The van der Waals surface area contributed by atoms with Crippen LogP contribution < -0.4 is 4.74 Å². The van der Waals surface area contributed by atoms with Crippen molar-refractivity contribution in [3.8, 4) is 5.75 Å². The van der Waals surface area contributed by atoms with E-state index in [2.05, 4.69) is 41.8 Å². The van der Waals surface area contributed by atoms with Gasteiger partial charge >= 0.3 is 0 Å². The van der Waals surface area contributed by atoms with E-state index in [-0.39, 0.29) is 6.61 Å². The normalized spacial score (nSPS) is 12.3.